The van der Waals surface area contributed by atoms with Crippen molar-refractivity contribution < 1.29 is 14.7 Å². The second-order valence-corrected chi connectivity index (χ2v) is 6.33. The molecule has 2 aromatic carbocycles. The second-order valence-electron chi connectivity index (χ2n) is 6.33. The maximum Gasteiger partial charge on any atom is 0.335 e. The fourth-order valence-electron chi connectivity index (χ4n) is 2.92. The monoisotopic (exact) mass is 325 g/mol. The molecule has 0 aromatic heterocycles. The first-order chi connectivity index (χ1) is 11.3. The Labute approximate surface area is 142 Å². The number of hydrogen-bond acceptors (Lipinski definition) is 2. The standard InChI is InChI=1S/C20H23NO3/c1-13(2)21(14(3)4)19(22)18-8-6-5-7-17(18)15-9-11-16(12-10-15)20(23)24/h5-14H,1-4H3,(H,23,24). The number of benzene rings is 2. The molecule has 0 spiro atoms. The lowest BCUT2D eigenvalue weighted by molar-refractivity contribution is 0.0642. The molecule has 4 heteroatoms. The number of carboxylic acid groups (broad SMARTS) is 1. The Kier molecular flexibility index (Phi) is 5.39. The molecule has 0 bridgehead atoms. The minimum atomic E-state index is -0.961. The summed E-state index contributed by atoms with van der Waals surface area (Å²) in [6.07, 6.45) is 0. The lowest BCUT2D eigenvalue weighted by Crippen LogP contribution is -2.42. The normalized spacial score (nSPS) is 10.9. The van der Waals surface area contributed by atoms with E-state index in [1.807, 2.05) is 56.9 Å². The minimum absolute atomic E-state index is 0.0158. The fraction of sp³-hybridized carbons (Fsp3) is 0.300. The van der Waals surface area contributed by atoms with Crippen LogP contribution in [-0.2, 0) is 0 Å². The molecule has 1 N–H and O–H groups in total. The van der Waals surface area contributed by atoms with Gasteiger partial charge in [-0.1, -0.05) is 30.3 Å². The highest BCUT2D eigenvalue weighted by atomic mass is 16.4. The Morgan fingerprint density at radius 3 is 1.92 bits per heavy atom. The number of amides is 1. The molecule has 0 fully saturated rings. The van der Waals surface area contributed by atoms with E-state index >= 15 is 0 Å². The maximum absolute atomic E-state index is 13.0. The molecule has 2 aromatic rings. The van der Waals surface area contributed by atoms with E-state index in [9.17, 15) is 9.59 Å². The van der Waals surface area contributed by atoms with Gasteiger partial charge in [-0.05, 0) is 57.0 Å². The fourth-order valence-corrected chi connectivity index (χ4v) is 2.92. The lowest BCUT2D eigenvalue weighted by Gasteiger charge is -2.31. The zero-order chi connectivity index (χ0) is 17.9. The van der Waals surface area contributed by atoms with E-state index in [4.69, 9.17) is 5.11 Å². The van der Waals surface area contributed by atoms with E-state index in [0.717, 1.165) is 11.1 Å². The van der Waals surface area contributed by atoms with Gasteiger partial charge in [-0.2, -0.15) is 0 Å². The molecule has 126 valence electrons. The number of aromatic carboxylic acids is 1. The lowest BCUT2D eigenvalue weighted by atomic mass is 9.97. The van der Waals surface area contributed by atoms with Crippen LogP contribution in [0, 0.1) is 0 Å². The average Bonchev–Trinajstić information content (AvgIpc) is 2.54. The van der Waals surface area contributed by atoms with Crippen molar-refractivity contribution in [2.45, 2.75) is 39.8 Å². The van der Waals surface area contributed by atoms with Crippen LogP contribution < -0.4 is 0 Å². The van der Waals surface area contributed by atoms with E-state index < -0.39 is 5.97 Å². The van der Waals surface area contributed by atoms with Crippen LogP contribution in [0.3, 0.4) is 0 Å². The molecule has 0 aliphatic carbocycles. The Hall–Kier alpha value is -2.62. The van der Waals surface area contributed by atoms with Gasteiger partial charge < -0.3 is 10.0 Å². The summed E-state index contributed by atoms with van der Waals surface area (Å²) in [6, 6.07) is 14.2. The van der Waals surface area contributed by atoms with Crippen molar-refractivity contribution >= 4 is 11.9 Å². The summed E-state index contributed by atoms with van der Waals surface area (Å²) in [4.78, 5) is 25.9. The van der Waals surface area contributed by atoms with Gasteiger partial charge in [0.15, 0.2) is 0 Å². The molecule has 0 aliphatic heterocycles. The molecule has 0 aliphatic rings. The third-order valence-corrected chi connectivity index (χ3v) is 3.95. The topological polar surface area (TPSA) is 57.6 Å². The van der Waals surface area contributed by atoms with Gasteiger partial charge in [-0.3, -0.25) is 4.79 Å². The van der Waals surface area contributed by atoms with Crippen LogP contribution in [0.15, 0.2) is 48.5 Å². The summed E-state index contributed by atoms with van der Waals surface area (Å²) in [7, 11) is 0. The third-order valence-electron chi connectivity index (χ3n) is 3.95. The predicted molar refractivity (Wildman–Crippen MR) is 95.3 cm³/mol. The van der Waals surface area contributed by atoms with Gasteiger partial charge in [-0.15, -0.1) is 0 Å². The third kappa shape index (κ3) is 3.65. The SMILES string of the molecule is CC(C)N(C(=O)c1ccccc1-c1ccc(C(=O)O)cc1)C(C)C. The van der Waals surface area contributed by atoms with Crippen LogP contribution in [-0.4, -0.2) is 34.0 Å². The molecule has 0 saturated carbocycles. The molecule has 0 heterocycles. The van der Waals surface area contributed by atoms with Crippen LogP contribution >= 0.6 is 0 Å². The van der Waals surface area contributed by atoms with E-state index in [1.54, 1.807) is 24.3 Å². The van der Waals surface area contributed by atoms with Gasteiger partial charge in [-0.25, -0.2) is 4.79 Å². The highest BCUT2D eigenvalue weighted by Gasteiger charge is 2.23. The van der Waals surface area contributed by atoms with E-state index in [1.165, 1.54) is 0 Å². The summed E-state index contributed by atoms with van der Waals surface area (Å²) >= 11 is 0. The first-order valence-corrected chi connectivity index (χ1v) is 8.08. The maximum atomic E-state index is 13.0. The highest BCUT2D eigenvalue weighted by molar-refractivity contribution is 6.01. The second kappa shape index (κ2) is 7.30. The van der Waals surface area contributed by atoms with Gasteiger partial charge in [0.1, 0.15) is 0 Å². The number of carbonyl (C=O) groups excluding carboxylic acids is 1. The molecule has 1 amide bonds. The Morgan fingerprint density at radius 2 is 1.42 bits per heavy atom. The van der Waals surface area contributed by atoms with Gasteiger partial charge in [0.2, 0.25) is 0 Å². The van der Waals surface area contributed by atoms with Crippen molar-refractivity contribution in [3.05, 3.63) is 59.7 Å². The minimum Gasteiger partial charge on any atom is -0.478 e. The molecule has 0 saturated heterocycles. The molecule has 0 atom stereocenters. The smallest absolute Gasteiger partial charge is 0.335 e. The molecule has 0 unspecified atom stereocenters. The van der Waals surface area contributed by atoms with Crippen molar-refractivity contribution in [2.24, 2.45) is 0 Å². The number of hydrogen-bond donors (Lipinski definition) is 1. The summed E-state index contributed by atoms with van der Waals surface area (Å²) in [5, 5.41) is 9.02. The van der Waals surface area contributed by atoms with Gasteiger partial charge in [0.05, 0.1) is 5.56 Å². The first kappa shape index (κ1) is 17.7. The molecule has 2 rings (SSSR count). The Bertz CT molecular complexity index is 725. The van der Waals surface area contributed by atoms with Crippen molar-refractivity contribution in [1.82, 2.24) is 4.90 Å². The molecular weight excluding hydrogens is 302 g/mol. The molecule has 4 nitrogen and oxygen atoms in total. The Balaban J connectivity index is 2.47. The van der Waals surface area contributed by atoms with Crippen LogP contribution in [0.1, 0.15) is 48.4 Å². The number of carbonyl (C=O) groups is 2. The van der Waals surface area contributed by atoms with E-state index in [2.05, 4.69) is 0 Å². The van der Waals surface area contributed by atoms with Crippen LogP contribution in [0.2, 0.25) is 0 Å². The number of rotatable bonds is 5. The van der Waals surface area contributed by atoms with E-state index in [-0.39, 0.29) is 23.6 Å². The quantitative estimate of drug-likeness (QED) is 0.891. The summed E-state index contributed by atoms with van der Waals surface area (Å²) < 4.78 is 0. The predicted octanol–water partition coefficient (Wildman–Crippen LogP) is 4.31. The molecule has 0 radical (unpaired) electrons. The zero-order valence-corrected chi connectivity index (χ0v) is 14.5. The number of nitrogens with zero attached hydrogens (tertiary/aromatic N) is 1. The summed E-state index contributed by atoms with van der Waals surface area (Å²) in [5.74, 6) is -0.977. The van der Waals surface area contributed by atoms with Crippen molar-refractivity contribution in [3.63, 3.8) is 0 Å². The Morgan fingerprint density at radius 1 is 0.875 bits per heavy atom. The van der Waals surface area contributed by atoms with Crippen molar-refractivity contribution in [3.8, 4) is 11.1 Å². The first-order valence-electron chi connectivity index (χ1n) is 8.08. The van der Waals surface area contributed by atoms with Crippen molar-refractivity contribution in [1.29, 1.82) is 0 Å². The highest BCUT2D eigenvalue weighted by Crippen LogP contribution is 2.26. The van der Waals surface area contributed by atoms with Gasteiger partial charge >= 0.3 is 5.97 Å². The van der Waals surface area contributed by atoms with Crippen LogP contribution in [0.5, 0.6) is 0 Å². The van der Waals surface area contributed by atoms with Gasteiger partial charge in [0.25, 0.3) is 5.91 Å². The zero-order valence-electron chi connectivity index (χ0n) is 14.5. The molecule has 24 heavy (non-hydrogen) atoms. The van der Waals surface area contributed by atoms with Crippen LogP contribution in [0.25, 0.3) is 11.1 Å². The van der Waals surface area contributed by atoms with Gasteiger partial charge in [0, 0.05) is 17.6 Å². The number of carboxylic acids is 1. The summed E-state index contributed by atoms with van der Waals surface area (Å²) in [5.41, 5.74) is 2.50. The molecular formula is C20H23NO3. The summed E-state index contributed by atoms with van der Waals surface area (Å²) in [6.45, 7) is 8.01. The van der Waals surface area contributed by atoms with Crippen molar-refractivity contribution in [2.75, 3.05) is 0 Å². The average molecular weight is 325 g/mol. The largest absolute Gasteiger partial charge is 0.478 e. The van der Waals surface area contributed by atoms with Crippen LogP contribution in [0.4, 0.5) is 0 Å². The van der Waals surface area contributed by atoms with E-state index in [0.29, 0.717) is 5.56 Å².